The van der Waals surface area contributed by atoms with E-state index in [2.05, 4.69) is 4.98 Å². The van der Waals surface area contributed by atoms with Crippen molar-refractivity contribution in [1.29, 1.82) is 0 Å². The summed E-state index contributed by atoms with van der Waals surface area (Å²) in [5, 5.41) is 10.9. The first-order valence-electron chi connectivity index (χ1n) is 7.18. The fraction of sp³-hybridized carbons (Fsp3) is 0.167. The Morgan fingerprint density at radius 3 is 2.36 bits per heavy atom. The molecule has 3 aromatic rings. The Morgan fingerprint density at radius 2 is 1.73 bits per heavy atom. The second kappa shape index (κ2) is 6.80. The van der Waals surface area contributed by atoms with Crippen molar-refractivity contribution in [3.63, 3.8) is 0 Å². The zero-order chi connectivity index (χ0) is 16.1. The molecule has 0 aliphatic rings. The highest BCUT2D eigenvalue weighted by Crippen LogP contribution is 2.32. The number of aromatic hydroxyl groups is 1. The number of benzene rings is 2. The maximum absolute atomic E-state index is 11.8. The van der Waals surface area contributed by atoms with E-state index in [9.17, 15) is 9.90 Å². The van der Waals surface area contributed by atoms with Gasteiger partial charge in [-0.1, -0.05) is 44.2 Å². The van der Waals surface area contributed by atoms with E-state index in [4.69, 9.17) is 4.74 Å². The molecule has 3 rings (SSSR count). The van der Waals surface area contributed by atoms with Crippen LogP contribution in [-0.4, -0.2) is 17.2 Å². The van der Waals surface area contributed by atoms with Crippen LogP contribution in [0.2, 0.25) is 0 Å². The summed E-state index contributed by atoms with van der Waals surface area (Å²) in [6, 6.07) is 14.5. The minimum absolute atomic E-state index is 0.165. The van der Waals surface area contributed by atoms with E-state index >= 15 is 0 Å². The fourth-order valence-electron chi connectivity index (χ4n) is 2.22. The van der Waals surface area contributed by atoms with Crippen molar-refractivity contribution in [1.82, 2.24) is 4.98 Å². The van der Waals surface area contributed by atoms with Crippen LogP contribution in [0.1, 0.15) is 13.8 Å². The number of hydrogen-bond donors (Lipinski definition) is 2. The van der Waals surface area contributed by atoms with E-state index in [0.717, 1.165) is 10.9 Å². The zero-order valence-corrected chi connectivity index (χ0v) is 12.9. The molecule has 0 unspecified atom stereocenters. The lowest BCUT2D eigenvalue weighted by Crippen LogP contribution is -2.08. The van der Waals surface area contributed by atoms with Gasteiger partial charge < -0.3 is 14.8 Å². The molecule has 0 radical (unpaired) electrons. The molecule has 0 amide bonds. The molecule has 0 aliphatic heterocycles. The third kappa shape index (κ3) is 2.96. The maximum Gasteiger partial charge on any atom is 0.290 e. The molecule has 22 heavy (non-hydrogen) atoms. The van der Waals surface area contributed by atoms with E-state index in [1.54, 1.807) is 18.2 Å². The molecule has 0 saturated carbocycles. The van der Waals surface area contributed by atoms with Crippen molar-refractivity contribution >= 4 is 10.9 Å². The number of hydrogen-bond acceptors (Lipinski definition) is 3. The quantitative estimate of drug-likeness (QED) is 0.753. The Hall–Kier alpha value is -2.75. The standard InChI is InChI=1S/C16H13NO3.C2H6/c1-20-15-8-11-7-14(18)12(9-13(11)17-16(15)19)10-5-3-2-4-6-10;1-2/h2-9,18H,1H3,(H,17,19);1-2H3. The van der Waals surface area contributed by atoms with Gasteiger partial charge in [0, 0.05) is 16.5 Å². The van der Waals surface area contributed by atoms with Crippen LogP contribution in [0.3, 0.4) is 0 Å². The lowest BCUT2D eigenvalue weighted by Gasteiger charge is -2.08. The fourth-order valence-corrected chi connectivity index (χ4v) is 2.22. The van der Waals surface area contributed by atoms with Gasteiger partial charge in [0.2, 0.25) is 0 Å². The number of rotatable bonds is 2. The van der Waals surface area contributed by atoms with Crippen LogP contribution in [-0.2, 0) is 0 Å². The predicted molar refractivity (Wildman–Crippen MR) is 89.6 cm³/mol. The van der Waals surface area contributed by atoms with E-state index in [-0.39, 0.29) is 17.1 Å². The number of phenolic OH excluding ortho intramolecular Hbond substituents is 1. The SMILES string of the molecule is CC.COc1cc2cc(O)c(-c3ccccc3)cc2[nH]c1=O. The Kier molecular flexibility index (Phi) is 4.84. The van der Waals surface area contributed by atoms with Gasteiger partial charge in [-0.25, -0.2) is 0 Å². The average molecular weight is 297 g/mol. The Balaban J connectivity index is 0.000000847. The first kappa shape index (κ1) is 15.6. The summed E-state index contributed by atoms with van der Waals surface area (Å²) >= 11 is 0. The van der Waals surface area contributed by atoms with E-state index < -0.39 is 0 Å². The molecule has 114 valence electrons. The van der Waals surface area contributed by atoms with Gasteiger partial charge in [0.25, 0.3) is 5.56 Å². The molecular weight excluding hydrogens is 278 g/mol. The summed E-state index contributed by atoms with van der Waals surface area (Å²) in [5.41, 5.74) is 1.94. The third-order valence-electron chi connectivity index (χ3n) is 3.23. The molecule has 0 aliphatic carbocycles. The number of H-pyrrole nitrogens is 1. The summed E-state index contributed by atoms with van der Waals surface area (Å²) < 4.78 is 4.98. The summed E-state index contributed by atoms with van der Waals surface area (Å²) in [7, 11) is 1.44. The topological polar surface area (TPSA) is 62.3 Å². The second-order valence-electron chi connectivity index (χ2n) is 4.49. The molecule has 2 N–H and O–H groups in total. The molecular formula is C18H19NO3. The van der Waals surface area contributed by atoms with Crippen LogP contribution in [0.25, 0.3) is 22.0 Å². The number of ether oxygens (including phenoxy) is 1. The van der Waals surface area contributed by atoms with Crippen molar-refractivity contribution < 1.29 is 9.84 Å². The minimum atomic E-state index is -0.287. The first-order chi connectivity index (χ1) is 10.7. The number of pyridine rings is 1. The molecule has 4 heteroatoms. The molecule has 0 fully saturated rings. The van der Waals surface area contributed by atoms with Gasteiger partial charge in [0.05, 0.1) is 7.11 Å². The first-order valence-corrected chi connectivity index (χ1v) is 7.18. The van der Waals surface area contributed by atoms with Gasteiger partial charge in [-0.3, -0.25) is 4.79 Å². The number of phenols is 1. The highest BCUT2D eigenvalue weighted by atomic mass is 16.5. The van der Waals surface area contributed by atoms with Gasteiger partial charge >= 0.3 is 0 Å². The van der Waals surface area contributed by atoms with Crippen LogP contribution >= 0.6 is 0 Å². The molecule has 2 aromatic carbocycles. The zero-order valence-electron chi connectivity index (χ0n) is 12.9. The largest absolute Gasteiger partial charge is 0.507 e. The van der Waals surface area contributed by atoms with Gasteiger partial charge in [-0.2, -0.15) is 0 Å². The smallest absolute Gasteiger partial charge is 0.290 e. The van der Waals surface area contributed by atoms with Gasteiger partial charge in [0.1, 0.15) is 5.75 Å². The third-order valence-corrected chi connectivity index (χ3v) is 3.23. The molecule has 1 aromatic heterocycles. The van der Waals surface area contributed by atoms with E-state index in [1.165, 1.54) is 7.11 Å². The number of aromatic amines is 1. The highest BCUT2D eigenvalue weighted by Gasteiger charge is 2.09. The molecule has 0 atom stereocenters. The number of fused-ring (bicyclic) bond motifs is 1. The summed E-state index contributed by atoms with van der Waals surface area (Å²) in [6.07, 6.45) is 0. The monoisotopic (exact) mass is 297 g/mol. The van der Waals surface area contributed by atoms with Crippen LogP contribution in [0, 0.1) is 0 Å². The van der Waals surface area contributed by atoms with Crippen molar-refractivity contribution in [3.05, 3.63) is 58.9 Å². The lowest BCUT2D eigenvalue weighted by molar-refractivity contribution is 0.409. The van der Waals surface area contributed by atoms with Gasteiger partial charge in [0.15, 0.2) is 5.75 Å². The highest BCUT2D eigenvalue weighted by molar-refractivity contribution is 5.88. The van der Waals surface area contributed by atoms with Crippen molar-refractivity contribution in [3.8, 4) is 22.6 Å². The van der Waals surface area contributed by atoms with Crippen LogP contribution in [0.5, 0.6) is 11.5 Å². The van der Waals surface area contributed by atoms with Crippen LogP contribution in [0.15, 0.2) is 53.3 Å². The minimum Gasteiger partial charge on any atom is -0.507 e. The van der Waals surface area contributed by atoms with Gasteiger partial charge in [-0.15, -0.1) is 0 Å². The molecule has 4 nitrogen and oxygen atoms in total. The van der Waals surface area contributed by atoms with Gasteiger partial charge in [-0.05, 0) is 23.8 Å². The van der Waals surface area contributed by atoms with Crippen molar-refractivity contribution in [2.24, 2.45) is 0 Å². The predicted octanol–water partition coefficient (Wildman–Crippen LogP) is 3.94. The Bertz CT molecular complexity index is 823. The lowest BCUT2D eigenvalue weighted by atomic mass is 10.0. The molecule has 0 saturated heterocycles. The molecule has 0 spiro atoms. The summed E-state index contributed by atoms with van der Waals surface area (Å²) in [4.78, 5) is 14.5. The van der Waals surface area contributed by atoms with Crippen LogP contribution < -0.4 is 10.3 Å². The van der Waals surface area contributed by atoms with Crippen molar-refractivity contribution in [2.45, 2.75) is 13.8 Å². The Labute approximate surface area is 129 Å². The van der Waals surface area contributed by atoms with Crippen molar-refractivity contribution in [2.75, 3.05) is 7.11 Å². The maximum atomic E-state index is 11.8. The second-order valence-corrected chi connectivity index (χ2v) is 4.49. The summed E-state index contributed by atoms with van der Waals surface area (Å²) in [6.45, 7) is 4.00. The summed E-state index contributed by atoms with van der Waals surface area (Å²) in [5.74, 6) is 0.391. The van der Waals surface area contributed by atoms with E-state index in [1.807, 2.05) is 44.2 Å². The molecule has 1 heterocycles. The Morgan fingerprint density at radius 1 is 1.05 bits per heavy atom. The van der Waals surface area contributed by atoms with Crippen LogP contribution in [0.4, 0.5) is 0 Å². The van der Waals surface area contributed by atoms with E-state index in [0.29, 0.717) is 11.1 Å². The normalized spacial score (nSPS) is 9.95. The molecule has 0 bridgehead atoms. The number of methoxy groups -OCH3 is 1. The average Bonchev–Trinajstić information content (AvgIpc) is 2.57. The number of nitrogens with one attached hydrogen (secondary N) is 1. The number of aromatic nitrogens is 1.